The molecule has 0 amide bonds. The molecule has 0 saturated carbocycles. The van der Waals surface area contributed by atoms with Gasteiger partial charge in [-0.25, -0.2) is 31.3 Å². The van der Waals surface area contributed by atoms with Crippen molar-refractivity contribution in [3.8, 4) is 29.0 Å². The summed E-state index contributed by atoms with van der Waals surface area (Å²) in [6.07, 6.45) is -1.94. The number of thiophene rings is 1. The Morgan fingerprint density at radius 1 is 1.19 bits per heavy atom. The van der Waals surface area contributed by atoms with Crippen LogP contribution in [-0.4, -0.2) is 71.6 Å². The first-order chi connectivity index (χ1) is 25.2. The largest absolute Gasteiger partial charge is 0.489 e. The van der Waals surface area contributed by atoms with Gasteiger partial charge in [0.1, 0.15) is 40.6 Å². The van der Waals surface area contributed by atoms with Gasteiger partial charge < -0.3 is 25.8 Å². The number of alkyl halides is 4. The summed E-state index contributed by atoms with van der Waals surface area (Å²) in [5, 5.41) is 9.75. The van der Waals surface area contributed by atoms with E-state index in [1.165, 1.54) is 17.2 Å². The molecule has 2 aromatic carbocycles. The molecule has 2 aliphatic rings. The zero-order chi connectivity index (χ0) is 38.4. The molecule has 0 spiro atoms. The van der Waals surface area contributed by atoms with Crippen LogP contribution in [0.4, 0.5) is 43.0 Å². The van der Waals surface area contributed by atoms with Crippen molar-refractivity contribution in [2.45, 2.75) is 51.1 Å². The van der Waals surface area contributed by atoms with Crippen LogP contribution >= 0.6 is 22.9 Å². The summed E-state index contributed by atoms with van der Waals surface area (Å²) in [4.78, 5) is 16.1. The van der Waals surface area contributed by atoms with Crippen LogP contribution in [0.25, 0.3) is 32.1 Å². The summed E-state index contributed by atoms with van der Waals surface area (Å²) >= 11 is 7.73. The fourth-order valence-corrected chi connectivity index (χ4v) is 7.93. The Hall–Kier alpha value is -4.79. The number of aromatic nitrogens is 3. The standard InChI is InChI=1S/C29H22ClF4N7O2S.C6H11F2N/c1-2-42-29-39-23-20-24(21(30)19(22(23)34)13-5-6-15(31)25-18(13)14(11-35)27(37)44-25)43-9-8-41(28(20)40-29)16(10-17(32)33)12-4-3-7-38-26(12)36;1-5-3-6(7,8)4-9(5)2/h3-7,16-17H,2,8-10,37H2,1H3,(H2,36,38);5H,3-4H2,1-2H3/t16-;5-/m11/s1. The second-order valence-corrected chi connectivity index (χ2v) is 14.0. The molecule has 0 bridgehead atoms. The van der Waals surface area contributed by atoms with Crippen molar-refractivity contribution in [2.24, 2.45) is 0 Å². The van der Waals surface area contributed by atoms with Crippen molar-refractivity contribution >= 4 is 60.6 Å². The van der Waals surface area contributed by atoms with Crippen LogP contribution < -0.4 is 25.8 Å². The summed E-state index contributed by atoms with van der Waals surface area (Å²) in [5.41, 5.74) is 12.0. The first-order valence-corrected chi connectivity index (χ1v) is 17.6. The number of benzene rings is 2. The van der Waals surface area contributed by atoms with Gasteiger partial charge in [-0.1, -0.05) is 23.7 Å². The lowest BCUT2D eigenvalue weighted by atomic mass is 9.96. The number of halogens is 7. The molecule has 5 aromatic rings. The highest BCUT2D eigenvalue weighted by molar-refractivity contribution is 7.23. The van der Waals surface area contributed by atoms with Crippen LogP contribution in [0.5, 0.6) is 11.8 Å². The molecular formula is C35H33ClF6N8O2S. The number of ether oxygens (including phenoxy) is 2. The Labute approximate surface area is 308 Å². The molecule has 18 heteroatoms. The van der Waals surface area contributed by atoms with E-state index in [1.54, 1.807) is 31.0 Å². The third kappa shape index (κ3) is 7.15. The number of hydrogen-bond acceptors (Lipinski definition) is 11. The molecule has 2 aliphatic heterocycles. The average molecular weight is 779 g/mol. The summed E-state index contributed by atoms with van der Waals surface area (Å²) in [6.45, 7) is 3.48. The second-order valence-electron chi connectivity index (χ2n) is 12.6. The van der Waals surface area contributed by atoms with E-state index in [9.17, 15) is 27.2 Å². The van der Waals surface area contributed by atoms with E-state index >= 15 is 4.39 Å². The number of rotatable bonds is 7. The first kappa shape index (κ1) is 38.0. The van der Waals surface area contributed by atoms with E-state index in [1.807, 2.05) is 13.0 Å². The number of nitrogens with zero attached hydrogens (tertiary/aromatic N) is 6. The molecule has 53 heavy (non-hydrogen) atoms. The van der Waals surface area contributed by atoms with E-state index in [4.69, 9.17) is 32.5 Å². The highest BCUT2D eigenvalue weighted by Gasteiger charge is 2.41. The fourth-order valence-electron chi connectivity index (χ4n) is 6.65. The number of hydrogen-bond donors (Lipinski definition) is 2. The van der Waals surface area contributed by atoms with Gasteiger partial charge in [0.2, 0.25) is 6.43 Å². The number of likely N-dealkylation sites (tertiary alicyclic amines) is 1. The minimum absolute atomic E-state index is 0.0163. The quantitative estimate of drug-likeness (QED) is 0.155. The second kappa shape index (κ2) is 14.9. The van der Waals surface area contributed by atoms with Crippen LogP contribution in [-0.2, 0) is 0 Å². The predicted octanol–water partition coefficient (Wildman–Crippen LogP) is 8.21. The van der Waals surface area contributed by atoms with Crippen molar-refractivity contribution in [3.05, 3.63) is 58.2 Å². The van der Waals surface area contributed by atoms with Crippen molar-refractivity contribution in [2.75, 3.05) is 49.7 Å². The lowest BCUT2D eigenvalue weighted by Crippen LogP contribution is -2.34. The van der Waals surface area contributed by atoms with Crippen LogP contribution in [0.3, 0.4) is 0 Å². The molecule has 1 saturated heterocycles. The van der Waals surface area contributed by atoms with Gasteiger partial charge in [-0.15, -0.1) is 11.3 Å². The summed E-state index contributed by atoms with van der Waals surface area (Å²) in [6, 6.07) is 6.32. The maximum Gasteiger partial charge on any atom is 0.319 e. The Morgan fingerprint density at radius 2 is 1.94 bits per heavy atom. The highest BCUT2D eigenvalue weighted by Crippen LogP contribution is 2.51. The molecule has 5 heterocycles. The van der Waals surface area contributed by atoms with Crippen molar-refractivity contribution < 1.29 is 35.8 Å². The van der Waals surface area contributed by atoms with E-state index in [0.717, 1.165) is 17.4 Å². The highest BCUT2D eigenvalue weighted by atomic mass is 35.5. The van der Waals surface area contributed by atoms with Crippen LogP contribution in [0.1, 0.15) is 43.9 Å². The normalized spacial score (nSPS) is 17.3. The number of fused-ring (bicyclic) bond motifs is 1. The van der Waals surface area contributed by atoms with E-state index in [-0.39, 0.29) is 110 Å². The first-order valence-electron chi connectivity index (χ1n) is 16.4. The molecule has 3 aromatic heterocycles. The number of nitrogen functional groups attached to an aromatic ring is 2. The smallest absolute Gasteiger partial charge is 0.319 e. The van der Waals surface area contributed by atoms with Gasteiger partial charge in [-0.3, -0.25) is 4.90 Å². The SMILES string of the molecule is CCOc1nc2c3c(c(Cl)c(-c4ccc(F)c5sc(N)c(C#N)c45)c(F)c3n1)OCCN2[C@H](CC(F)F)c1cccnc1N.C[C@@H]1CC(F)(F)CN1C. The summed E-state index contributed by atoms with van der Waals surface area (Å²) in [5.74, 6) is -3.97. The van der Waals surface area contributed by atoms with Crippen molar-refractivity contribution in [1.82, 2.24) is 19.9 Å². The predicted molar refractivity (Wildman–Crippen MR) is 192 cm³/mol. The molecule has 0 aliphatic carbocycles. The number of nitriles is 1. The molecule has 0 unspecified atom stereocenters. The number of anilines is 3. The van der Waals surface area contributed by atoms with E-state index in [2.05, 4.69) is 15.0 Å². The molecule has 280 valence electrons. The van der Waals surface area contributed by atoms with Gasteiger partial charge >= 0.3 is 6.01 Å². The Bertz CT molecular complexity index is 2220. The number of nitrogens with two attached hydrogens (primary N) is 2. The molecular weight excluding hydrogens is 746 g/mol. The molecule has 10 nitrogen and oxygen atoms in total. The molecule has 1 fully saturated rings. The topological polar surface area (TPSA) is 139 Å². The molecule has 7 rings (SSSR count). The third-order valence-electron chi connectivity index (χ3n) is 9.10. The monoisotopic (exact) mass is 778 g/mol. The average Bonchev–Trinajstić information content (AvgIpc) is 3.48. The third-order valence-corrected chi connectivity index (χ3v) is 10.5. The van der Waals surface area contributed by atoms with E-state index in [0.29, 0.717) is 5.56 Å². The fraction of sp³-hybridized carbons (Fsp3) is 0.371. The van der Waals surface area contributed by atoms with Gasteiger partial charge in [0.05, 0.1) is 46.4 Å². The molecule has 4 N–H and O–H groups in total. The molecule has 2 atom stereocenters. The minimum Gasteiger partial charge on any atom is -0.489 e. The van der Waals surface area contributed by atoms with Gasteiger partial charge in [-0.05, 0) is 38.6 Å². The summed E-state index contributed by atoms with van der Waals surface area (Å²) < 4.78 is 96.2. The molecule has 0 radical (unpaired) electrons. The van der Waals surface area contributed by atoms with Gasteiger partial charge in [0.25, 0.3) is 5.92 Å². The van der Waals surface area contributed by atoms with Crippen molar-refractivity contribution in [3.63, 3.8) is 0 Å². The van der Waals surface area contributed by atoms with Gasteiger partial charge in [0, 0.05) is 41.6 Å². The minimum atomic E-state index is -2.75. The van der Waals surface area contributed by atoms with Gasteiger partial charge in [-0.2, -0.15) is 15.2 Å². The van der Waals surface area contributed by atoms with Crippen molar-refractivity contribution in [1.29, 1.82) is 5.26 Å². The lowest BCUT2D eigenvalue weighted by Gasteiger charge is -2.32. The van der Waals surface area contributed by atoms with Crippen LogP contribution in [0.2, 0.25) is 5.02 Å². The summed E-state index contributed by atoms with van der Waals surface area (Å²) in [7, 11) is 1.73. The Kier molecular flexibility index (Phi) is 10.7. The zero-order valence-corrected chi connectivity index (χ0v) is 30.1. The van der Waals surface area contributed by atoms with E-state index < -0.39 is 36.4 Å². The van der Waals surface area contributed by atoms with Crippen LogP contribution in [0.15, 0.2) is 30.5 Å². The lowest BCUT2D eigenvalue weighted by molar-refractivity contribution is 0.0141. The Morgan fingerprint density at radius 3 is 2.55 bits per heavy atom. The maximum atomic E-state index is 16.8. The van der Waals surface area contributed by atoms with Gasteiger partial charge in [0.15, 0.2) is 11.6 Å². The zero-order valence-electron chi connectivity index (χ0n) is 28.6. The van der Waals surface area contributed by atoms with Crippen LogP contribution in [0, 0.1) is 23.0 Å². The number of pyridine rings is 1. The Balaban J connectivity index is 0.000000468. The maximum absolute atomic E-state index is 16.8.